The highest BCUT2D eigenvalue weighted by Crippen LogP contribution is 2.20. The predicted octanol–water partition coefficient (Wildman–Crippen LogP) is 2.44. The zero-order chi connectivity index (χ0) is 15.4. The highest BCUT2D eigenvalue weighted by Gasteiger charge is 2.22. The topological polar surface area (TPSA) is 39.7 Å². The van der Waals surface area contributed by atoms with E-state index in [4.69, 9.17) is 11.6 Å². The van der Waals surface area contributed by atoms with E-state index in [-0.39, 0.29) is 0 Å². The van der Waals surface area contributed by atoms with Crippen LogP contribution in [0.3, 0.4) is 0 Å². The van der Waals surface area contributed by atoms with Gasteiger partial charge >= 0.3 is 0 Å². The SMILES string of the molecule is O=CN(c1ccc(Cl)cc1)N1CCN(c2ccccn2)CC1. The van der Waals surface area contributed by atoms with E-state index < -0.39 is 0 Å². The second-order valence-corrected chi connectivity index (χ2v) is 5.49. The summed E-state index contributed by atoms with van der Waals surface area (Å²) >= 11 is 5.90. The molecule has 0 atom stereocenters. The Bertz CT molecular complexity index is 612. The monoisotopic (exact) mass is 316 g/mol. The average Bonchev–Trinajstić information content (AvgIpc) is 2.59. The van der Waals surface area contributed by atoms with Crippen molar-refractivity contribution in [3.63, 3.8) is 0 Å². The number of carbonyl (C=O) groups is 1. The van der Waals surface area contributed by atoms with Crippen molar-refractivity contribution < 1.29 is 4.79 Å². The molecule has 1 saturated heterocycles. The molecule has 22 heavy (non-hydrogen) atoms. The smallest absolute Gasteiger partial charge is 0.228 e. The molecule has 0 bridgehead atoms. The Balaban J connectivity index is 1.67. The molecule has 114 valence electrons. The standard InChI is InChI=1S/C16H17ClN4O/c17-14-4-6-15(7-5-14)21(13-22)20-11-9-19(10-12-20)16-3-1-2-8-18-16/h1-8,13H,9-12H2. The maximum Gasteiger partial charge on any atom is 0.228 e. The summed E-state index contributed by atoms with van der Waals surface area (Å²) in [6.07, 6.45) is 2.65. The van der Waals surface area contributed by atoms with Crippen molar-refractivity contribution in [1.82, 2.24) is 9.99 Å². The lowest BCUT2D eigenvalue weighted by Crippen LogP contribution is -2.53. The van der Waals surface area contributed by atoms with E-state index in [0.29, 0.717) is 5.02 Å². The summed E-state index contributed by atoms with van der Waals surface area (Å²) in [4.78, 5) is 18.1. The molecule has 0 aliphatic carbocycles. The number of halogens is 1. The molecule has 6 heteroatoms. The third-order valence-electron chi connectivity index (χ3n) is 3.73. The summed E-state index contributed by atoms with van der Waals surface area (Å²) in [5.74, 6) is 0.978. The zero-order valence-corrected chi connectivity index (χ0v) is 12.9. The van der Waals surface area contributed by atoms with Crippen LogP contribution in [0.25, 0.3) is 0 Å². The van der Waals surface area contributed by atoms with Crippen LogP contribution in [0.15, 0.2) is 48.7 Å². The van der Waals surface area contributed by atoms with E-state index >= 15 is 0 Å². The molecule has 1 aromatic heterocycles. The van der Waals surface area contributed by atoms with Crippen LogP contribution in [-0.4, -0.2) is 42.6 Å². The molecule has 1 amide bonds. The van der Waals surface area contributed by atoms with Gasteiger partial charge in [-0.05, 0) is 36.4 Å². The molecule has 2 heterocycles. The number of hydrogen-bond acceptors (Lipinski definition) is 4. The number of piperazine rings is 1. The van der Waals surface area contributed by atoms with Crippen LogP contribution in [0.2, 0.25) is 5.02 Å². The van der Waals surface area contributed by atoms with Crippen molar-refractivity contribution in [1.29, 1.82) is 0 Å². The second kappa shape index (κ2) is 6.77. The van der Waals surface area contributed by atoms with Crippen LogP contribution in [0.1, 0.15) is 0 Å². The summed E-state index contributed by atoms with van der Waals surface area (Å²) in [6.45, 7) is 3.18. The summed E-state index contributed by atoms with van der Waals surface area (Å²) in [5.41, 5.74) is 0.825. The molecule has 0 saturated carbocycles. The summed E-state index contributed by atoms with van der Waals surface area (Å²) in [5, 5.41) is 4.34. The predicted molar refractivity (Wildman–Crippen MR) is 88.0 cm³/mol. The lowest BCUT2D eigenvalue weighted by Gasteiger charge is -2.39. The number of pyridine rings is 1. The van der Waals surface area contributed by atoms with Crippen molar-refractivity contribution in [2.75, 3.05) is 36.1 Å². The molecule has 5 nitrogen and oxygen atoms in total. The molecule has 0 radical (unpaired) electrons. The van der Waals surface area contributed by atoms with Crippen LogP contribution in [0.5, 0.6) is 0 Å². The summed E-state index contributed by atoms with van der Waals surface area (Å²) in [7, 11) is 0. The number of rotatable bonds is 4. The number of carbonyl (C=O) groups excluding carboxylic acids is 1. The van der Waals surface area contributed by atoms with Gasteiger partial charge in [-0.3, -0.25) is 4.79 Å². The Morgan fingerprint density at radius 1 is 1.05 bits per heavy atom. The van der Waals surface area contributed by atoms with E-state index in [9.17, 15) is 4.79 Å². The van der Waals surface area contributed by atoms with Crippen molar-refractivity contribution in [2.24, 2.45) is 0 Å². The van der Waals surface area contributed by atoms with Crippen LogP contribution >= 0.6 is 11.6 Å². The minimum absolute atomic E-state index is 0.662. The highest BCUT2D eigenvalue weighted by atomic mass is 35.5. The van der Waals surface area contributed by atoms with E-state index in [2.05, 4.69) is 9.88 Å². The van der Waals surface area contributed by atoms with E-state index in [1.807, 2.05) is 35.3 Å². The molecule has 1 fully saturated rings. The number of amides is 1. The van der Waals surface area contributed by atoms with Gasteiger partial charge in [0.05, 0.1) is 5.69 Å². The Morgan fingerprint density at radius 3 is 2.36 bits per heavy atom. The maximum absolute atomic E-state index is 11.5. The van der Waals surface area contributed by atoms with Crippen LogP contribution < -0.4 is 9.91 Å². The van der Waals surface area contributed by atoms with Gasteiger partial charge < -0.3 is 4.90 Å². The fourth-order valence-electron chi connectivity index (χ4n) is 2.57. The van der Waals surface area contributed by atoms with Crippen molar-refractivity contribution >= 4 is 29.5 Å². The van der Waals surface area contributed by atoms with Gasteiger partial charge in [0.2, 0.25) is 6.41 Å². The minimum Gasteiger partial charge on any atom is -0.354 e. The van der Waals surface area contributed by atoms with E-state index in [1.54, 1.807) is 23.3 Å². The largest absolute Gasteiger partial charge is 0.354 e. The van der Waals surface area contributed by atoms with Crippen molar-refractivity contribution in [2.45, 2.75) is 0 Å². The lowest BCUT2D eigenvalue weighted by molar-refractivity contribution is -0.110. The fraction of sp³-hybridized carbons (Fsp3) is 0.250. The molecule has 1 aliphatic heterocycles. The molecule has 1 aromatic carbocycles. The summed E-state index contributed by atoms with van der Waals surface area (Å²) < 4.78 is 0. The van der Waals surface area contributed by atoms with Gasteiger partial charge in [-0.1, -0.05) is 17.7 Å². The Kier molecular flexibility index (Phi) is 4.56. The fourth-order valence-corrected chi connectivity index (χ4v) is 2.69. The number of benzene rings is 1. The molecular weight excluding hydrogens is 300 g/mol. The van der Waals surface area contributed by atoms with Gasteiger partial charge in [0, 0.05) is 37.4 Å². The van der Waals surface area contributed by atoms with Gasteiger partial charge in [-0.2, -0.15) is 0 Å². The quantitative estimate of drug-likeness (QED) is 0.812. The third kappa shape index (κ3) is 3.21. The number of hydrogen-bond donors (Lipinski definition) is 0. The maximum atomic E-state index is 11.5. The van der Waals surface area contributed by atoms with Gasteiger partial charge in [0.15, 0.2) is 0 Å². The molecule has 0 spiro atoms. The Labute approximate surface area is 134 Å². The summed E-state index contributed by atoms with van der Waals surface area (Å²) in [6, 6.07) is 13.2. The van der Waals surface area contributed by atoms with Crippen LogP contribution in [0, 0.1) is 0 Å². The first-order chi connectivity index (χ1) is 10.8. The molecule has 1 aliphatic rings. The van der Waals surface area contributed by atoms with Crippen molar-refractivity contribution in [3.8, 4) is 0 Å². The van der Waals surface area contributed by atoms with E-state index in [0.717, 1.165) is 44.1 Å². The van der Waals surface area contributed by atoms with Gasteiger partial charge in [-0.25, -0.2) is 15.0 Å². The number of anilines is 2. The molecule has 2 aromatic rings. The number of hydrazine groups is 1. The highest BCUT2D eigenvalue weighted by molar-refractivity contribution is 6.30. The van der Waals surface area contributed by atoms with Gasteiger partial charge in [-0.15, -0.1) is 0 Å². The molecule has 0 unspecified atom stereocenters. The Morgan fingerprint density at radius 2 is 1.77 bits per heavy atom. The first kappa shape index (κ1) is 14.8. The number of nitrogens with zero attached hydrogens (tertiary/aromatic N) is 4. The second-order valence-electron chi connectivity index (χ2n) is 5.06. The van der Waals surface area contributed by atoms with Gasteiger partial charge in [0.25, 0.3) is 0 Å². The molecule has 3 rings (SSSR count). The lowest BCUT2D eigenvalue weighted by atomic mass is 10.3. The van der Waals surface area contributed by atoms with Crippen molar-refractivity contribution in [3.05, 3.63) is 53.7 Å². The first-order valence-electron chi connectivity index (χ1n) is 7.19. The van der Waals surface area contributed by atoms with E-state index in [1.165, 1.54) is 0 Å². The van der Waals surface area contributed by atoms with Gasteiger partial charge in [0.1, 0.15) is 5.82 Å². The molecule has 0 N–H and O–H groups in total. The minimum atomic E-state index is 0.662. The Hall–Kier alpha value is -2.11. The zero-order valence-electron chi connectivity index (χ0n) is 12.1. The molecular formula is C16H17ClN4O. The van der Waals surface area contributed by atoms with Crippen LogP contribution in [-0.2, 0) is 4.79 Å². The average molecular weight is 317 g/mol. The number of aromatic nitrogens is 1. The normalized spacial score (nSPS) is 15.6. The van der Waals surface area contributed by atoms with Crippen LogP contribution in [0.4, 0.5) is 11.5 Å². The third-order valence-corrected chi connectivity index (χ3v) is 3.98. The first-order valence-corrected chi connectivity index (χ1v) is 7.56.